The second kappa shape index (κ2) is 7.21. The molecule has 0 atom stereocenters. The molecular formula is C20H22N2O2. The first-order valence-corrected chi connectivity index (χ1v) is 8.05. The molecule has 0 unspecified atom stereocenters. The van der Waals surface area contributed by atoms with Crippen LogP contribution in [-0.2, 0) is 6.61 Å². The molecule has 2 aromatic carbocycles. The fourth-order valence-corrected chi connectivity index (χ4v) is 2.51. The molecule has 0 amide bonds. The summed E-state index contributed by atoms with van der Waals surface area (Å²) in [4.78, 5) is 4.10. The van der Waals surface area contributed by atoms with E-state index in [-0.39, 0.29) is 0 Å². The average Bonchev–Trinajstić information content (AvgIpc) is 3.14. The number of hydrogen-bond donors (Lipinski definition) is 0. The molecule has 0 aliphatic carbocycles. The van der Waals surface area contributed by atoms with Gasteiger partial charge in [0.05, 0.1) is 19.1 Å². The molecule has 0 aliphatic rings. The van der Waals surface area contributed by atoms with E-state index in [0.717, 1.165) is 22.7 Å². The summed E-state index contributed by atoms with van der Waals surface area (Å²) in [6, 6.07) is 14.3. The fourth-order valence-electron chi connectivity index (χ4n) is 2.51. The Morgan fingerprint density at radius 1 is 1.08 bits per heavy atom. The van der Waals surface area contributed by atoms with Gasteiger partial charge in [-0.25, -0.2) is 4.98 Å². The number of ether oxygens (including phenoxy) is 2. The van der Waals surface area contributed by atoms with Crippen LogP contribution in [0.15, 0.2) is 61.2 Å². The SMILES string of the molecule is COc1ccc(-n2ccnc2)c(OCc2ccc(C(C)C)cc2)c1. The minimum absolute atomic E-state index is 0.507. The summed E-state index contributed by atoms with van der Waals surface area (Å²) < 4.78 is 13.3. The van der Waals surface area contributed by atoms with Crippen LogP contribution in [0.5, 0.6) is 11.5 Å². The zero-order valence-corrected chi connectivity index (χ0v) is 14.3. The highest BCUT2D eigenvalue weighted by molar-refractivity contribution is 5.51. The molecule has 0 N–H and O–H groups in total. The van der Waals surface area contributed by atoms with Gasteiger partial charge in [0.15, 0.2) is 0 Å². The summed E-state index contributed by atoms with van der Waals surface area (Å²) in [5, 5.41) is 0. The molecule has 0 saturated carbocycles. The Kier molecular flexibility index (Phi) is 4.85. The van der Waals surface area contributed by atoms with Gasteiger partial charge in [-0.3, -0.25) is 0 Å². The van der Waals surface area contributed by atoms with Crippen molar-refractivity contribution in [1.82, 2.24) is 9.55 Å². The zero-order chi connectivity index (χ0) is 16.9. The lowest BCUT2D eigenvalue weighted by Crippen LogP contribution is -2.01. The number of nitrogens with zero attached hydrogens (tertiary/aromatic N) is 2. The molecule has 3 rings (SSSR count). The summed E-state index contributed by atoms with van der Waals surface area (Å²) in [5.41, 5.74) is 3.41. The summed E-state index contributed by atoms with van der Waals surface area (Å²) in [7, 11) is 1.65. The maximum Gasteiger partial charge on any atom is 0.147 e. The van der Waals surface area contributed by atoms with Crippen LogP contribution in [0.25, 0.3) is 5.69 Å². The Morgan fingerprint density at radius 3 is 2.50 bits per heavy atom. The van der Waals surface area contributed by atoms with Gasteiger partial charge in [0.2, 0.25) is 0 Å². The maximum absolute atomic E-state index is 6.06. The van der Waals surface area contributed by atoms with Crippen LogP contribution in [0.2, 0.25) is 0 Å². The topological polar surface area (TPSA) is 36.3 Å². The third-order valence-electron chi connectivity index (χ3n) is 3.99. The number of methoxy groups -OCH3 is 1. The Hall–Kier alpha value is -2.75. The van der Waals surface area contributed by atoms with E-state index in [1.165, 1.54) is 5.56 Å². The first-order chi connectivity index (χ1) is 11.7. The number of aromatic nitrogens is 2. The predicted molar refractivity (Wildman–Crippen MR) is 95.0 cm³/mol. The van der Waals surface area contributed by atoms with E-state index in [9.17, 15) is 0 Å². The van der Waals surface area contributed by atoms with E-state index >= 15 is 0 Å². The normalized spacial score (nSPS) is 10.8. The standard InChI is InChI=1S/C20H22N2O2/c1-15(2)17-6-4-16(5-7-17)13-24-20-12-18(23-3)8-9-19(20)22-11-10-21-14-22/h4-12,14-15H,13H2,1-3H3. The molecule has 1 aromatic heterocycles. The van der Waals surface area contributed by atoms with E-state index in [2.05, 4.69) is 43.1 Å². The Morgan fingerprint density at radius 2 is 1.88 bits per heavy atom. The highest BCUT2D eigenvalue weighted by Gasteiger charge is 2.08. The van der Waals surface area contributed by atoms with Gasteiger partial charge >= 0.3 is 0 Å². The smallest absolute Gasteiger partial charge is 0.147 e. The minimum atomic E-state index is 0.507. The van der Waals surface area contributed by atoms with Crippen LogP contribution in [0.3, 0.4) is 0 Å². The molecule has 0 aliphatic heterocycles. The summed E-state index contributed by atoms with van der Waals surface area (Å²) in [6.45, 7) is 4.89. The van der Waals surface area contributed by atoms with Crippen molar-refractivity contribution in [3.8, 4) is 17.2 Å². The van der Waals surface area contributed by atoms with Gasteiger partial charge in [-0.05, 0) is 29.2 Å². The van der Waals surface area contributed by atoms with Crippen molar-refractivity contribution in [3.05, 3.63) is 72.3 Å². The molecule has 1 heterocycles. The van der Waals surface area contributed by atoms with E-state index in [4.69, 9.17) is 9.47 Å². The molecule has 0 bridgehead atoms. The monoisotopic (exact) mass is 322 g/mol. The quantitative estimate of drug-likeness (QED) is 0.666. The van der Waals surface area contributed by atoms with E-state index < -0.39 is 0 Å². The van der Waals surface area contributed by atoms with Gasteiger partial charge in [0, 0.05) is 18.5 Å². The molecule has 0 fully saturated rings. The van der Waals surface area contributed by atoms with Crippen LogP contribution in [0.4, 0.5) is 0 Å². The van der Waals surface area contributed by atoms with E-state index in [1.54, 1.807) is 19.6 Å². The van der Waals surface area contributed by atoms with Crippen molar-refractivity contribution in [2.75, 3.05) is 7.11 Å². The summed E-state index contributed by atoms with van der Waals surface area (Å²) in [6.07, 6.45) is 5.40. The van der Waals surface area contributed by atoms with Crippen molar-refractivity contribution in [2.24, 2.45) is 0 Å². The van der Waals surface area contributed by atoms with Crippen LogP contribution in [0, 0.1) is 0 Å². The van der Waals surface area contributed by atoms with Gasteiger partial charge in [-0.15, -0.1) is 0 Å². The second-order valence-corrected chi connectivity index (χ2v) is 5.99. The minimum Gasteiger partial charge on any atom is -0.497 e. The first-order valence-electron chi connectivity index (χ1n) is 8.05. The van der Waals surface area contributed by atoms with Crippen molar-refractivity contribution >= 4 is 0 Å². The molecule has 3 aromatic rings. The van der Waals surface area contributed by atoms with Gasteiger partial charge in [0.1, 0.15) is 18.1 Å². The number of rotatable bonds is 6. The number of imidazole rings is 1. The predicted octanol–water partition coefficient (Wildman–Crippen LogP) is 4.58. The third-order valence-corrected chi connectivity index (χ3v) is 3.99. The van der Waals surface area contributed by atoms with Crippen LogP contribution >= 0.6 is 0 Å². The maximum atomic E-state index is 6.06. The summed E-state index contributed by atoms with van der Waals surface area (Å²) in [5.74, 6) is 2.07. The fraction of sp³-hybridized carbons (Fsp3) is 0.250. The molecule has 0 saturated heterocycles. The van der Waals surface area contributed by atoms with Crippen molar-refractivity contribution in [2.45, 2.75) is 26.4 Å². The number of hydrogen-bond acceptors (Lipinski definition) is 3. The highest BCUT2D eigenvalue weighted by Crippen LogP contribution is 2.29. The van der Waals surface area contributed by atoms with Gasteiger partial charge in [-0.2, -0.15) is 0 Å². The lowest BCUT2D eigenvalue weighted by Gasteiger charge is -2.14. The van der Waals surface area contributed by atoms with Crippen LogP contribution in [0.1, 0.15) is 30.9 Å². The summed E-state index contributed by atoms with van der Waals surface area (Å²) >= 11 is 0. The van der Waals surface area contributed by atoms with Gasteiger partial charge in [0.25, 0.3) is 0 Å². The lowest BCUT2D eigenvalue weighted by molar-refractivity contribution is 0.302. The van der Waals surface area contributed by atoms with Crippen molar-refractivity contribution < 1.29 is 9.47 Å². The average molecular weight is 322 g/mol. The second-order valence-electron chi connectivity index (χ2n) is 5.99. The van der Waals surface area contributed by atoms with Gasteiger partial charge in [-0.1, -0.05) is 38.1 Å². The molecule has 124 valence electrons. The molecule has 4 nitrogen and oxygen atoms in total. The van der Waals surface area contributed by atoms with Crippen LogP contribution in [-0.4, -0.2) is 16.7 Å². The molecule has 0 radical (unpaired) electrons. The van der Waals surface area contributed by atoms with Crippen molar-refractivity contribution in [1.29, 1.82) is 0 Å². The first kappa shape index (κ1) is 16.1. The van der Waals surface area contributed by atoms with Crippen LogP contribution < -0.4 is 9.47 Å². The molecule has 24 heavy (non-hydrogen) atoms. The molecular weight excluding hydrogens is 300 g/mol. The Labute approximate surface area is 142 Å². The third kappa shape index (κ3) is 3.59. The Balaban J connectivity index is 1.81. The highest BCUT2D eigenvalue weighted by atomic mass is 16.5. The Bertz CT molecular complexity index is 778. The van der Waals surface area contributed by atoms with Gasteiger partial charge < -0.3 is 14.0 Å². The molecule has 0 spiro atoms. The lowest BCUT2D eigenvalue weighted by atomic mass is 10.0. The largest absolute Gasteiger partial charge is 0.497 e. The van der Waals surface area contributed by atoms with Crippen molar-refractivity contribution in [3.63, 3.8) is 0 Å². The zero-order valence-electron chi connectivity index (χ0n) is 14.3. The van der Waals surface area contributed by atoms with E-state index in [1.807, 2.05) is 29.0 Å². The van der Waals surface area contributed by atoms with E-state index in [0.29, 0.717) is 12.5 Å². The molecule has 4 heteroatoms. The number of benzene rings is 2.